The molecule has 5 rings (SSSR count). The molecule has 0 bridgehead atoms. The van der Waals surface area contributed by atoms with E-state index in [0.717, 1.165) is 45.5 Å². The van der Waals surface area contributed by atoms with Gasteiger partial charge in [0, 0.05) is 49.1 Å². The Kier molecular flexibility index (Phi) is 3.46. The molecular formula is C20H16N6O. The average Bonchev–Trinajstić information content (AvgIpc) is 3.42. The molecule has 0 atom stereocenters. The molecule has 4 aromatic rings. The van der Waals surface area contributed by atoms with Crippen molar-refractivity contribution in [2.24, 2.45) is 12.0 Å². The SMILES string of the molecule is Cc1nc(-c2ccnc(-c3cc4c(C5=CCN=C5)cn(C)c4cn3)c2)no1. The third-order valence-corrected chi connectivity index (χ3v) is 4.64. The van der Waals surface area contributed by atoms with E-state index in [1.54, 1.807) is 13.1 Å². The lowest BCUT2D eigenvalue weighted by atomic mass is 10.1. The Morgan fingerprint density at radius 1 is 1.15 bits per heavy atom. The van der Waals surface area contributed by atoms with Gasteiger partial charge in [-0.3, -0.25) is 15.0 Å². The van der Waals surface area contributed by atoms with E-state index in [0.29, 0.717) is 11.7 Å². The van der Waals surface area contributed by atoms with Crippen LogP contribution in [0.15, 0.2) is 52.4 Å². The highest BCUT2D eigenvalue weighted by Gasteiger charge is 2.14. The summed E-state index contributed by atoms with van der Waals surface area (Å²) in [4.78, 5) is 17.7. The van der Waals surface area contributed by atoms with Gasteiger partial charge in [0.2, 0.25) is 11.7 Å². The number of nitrogens with zero attached hydrogens (tertiary/aromatic N) is 6. The molecule has 0 saturated heterocycles. The van der Waals surface area contributed by atoms with Gasteiger partial charge in [0.1, 0.15) is 0 Å². The van der Waals surface area contributed by atoms with Crippen LogP contribution < -0.4 is 0 Å². The fraction of sp³-hybridized carbons (Fsp3) is 0.150. The van der Waals surface area contributed by atoms with Gasteiger partial charge in [-0.1, -0.05) is 11.2 Å². The van der Waals surface area contributed by atoms with Gasteiger partial charge >= 0.3 is 0 Å². The van der Waals surface area contributed by atoms with Crippen molar-refractivity contribution in [1.82, 2.24) is 24.7 Å². The second-order valence-corrected chi connectivity index (χ2v) is 6.46. The van der Waals surface area contributed by atoms with Crippen LogP contribution in [0.2, 0.25) is 0 Å². The van der Waals surface area contributed by atoms with Crippen molar-refractivity contribution in [2.45, 2.75) is 6.92 Å². The number of pyridine rings is 2. The number of fused-ring (bicyclic) bond motifs is 1. The maximum Gasteiger partial charge on any atom is 0.223 e. The first kappa shape index (κ1) is 15.6. The summed E-state index contributed by atoms with van der Waals surface area (Å²) in [6, 6.07) is 5.86. The molecule has 0 fully saturated rings. The number of hydrogen-bond donors (Lipinski definition) is 0. The van der Waals surface area contributed by atoms with Crippen LogP contribution in [0, 0.1) is 6.92 Å². The standard InChI is InChI=1S/C20H16N6O/c1-12-24-20(25-27-12)13-4-6-22-17(7-13)18-8-15-16(14-3-5-21-9-14)11-26(2)19(15)10-23-18/h3-4,6-11H,5H2,1-2H3. The van der Waals surface area contributed by atoms with Gasteiger partial charge in [-0.05, 0) is 23.8 Å². The first-order chi connectivity index (χ1) is 13.2. The summed E-state index contributed by atoms with van der Waals surface area (Å²) in [5.41, 5.74) is 5.77. The van der Waals surface area contributed by atoms with Gasteiger partial charge in [-0.2, -0.15) is 4.98 Å². The van der Waals surface area contributed by atoms with Crippen LogP contribution in [-0.4, -0.2) is 37.4 Å². The fourth-order valence-electron chi connectivity index (χ4n) is 3.31. The summed E-state index contributed by atoms with van der Waals surface area (Å²) in [5.74, 6) is 1.08. The van der Waals surface area contributed by atoms with Gasteiger partial charge in [-0.25, -0.2) is 0 Å². The Morgan fingerprint density at radius 3 is 2.81 bits per heavy atom. The van der Waals surface area contributed by atoms with E-state index in [4.69, 9.17) is 4.52 Å². The van der Waals surface area contributed by atoms with Crippen molar-refractivity contribution >= 4 is 22.7 Å². The minimum atomic E-state index is 0.531. The van der Waals surface area contributed by atoms with E-state index in [1.165, 1.54) is 0 Å². The summed E-state index contributed by atoms with van der Waals surface area (Å²) in [7, 11) is 2.03. The molecule has 132 valence electrons. The third kappa shape index (κ3) is 2.64. The minimum absolute atomic E-state index is 0.531. The van der Waals surface area contributed by atoms with Gasteiger partial charge in [-0.15, -0.1) is 0 Å². The van der Waals surface area contributed by atoms with Crippen LogP contribution in [-0.2, 0) is 7.05 Å². The average molecular weight is 356 g/mol. The minimum Gasteiger partial charge on any atom is -0.349 e. The highest BCUT2D eigenvalue weighted by atomic mass is 16.5. The summed E-state index contributed by atoms with van der Waals surface area (Å²) in [5, 5.41) is 5.11. The van der Waals surface area contributed by atoms with Crippen molar-refractivity contribution in [3.63, 3.8) is 0 Å². The van der Waals surface area contributed by atoms with E-state index in [9.17, 15) is 0 Å². The Hall–Kier alpha value is -3.61. The summed E-state index contributed by atoms with van der Waals surface area (Å²) in [6.07, 6.45) is 9.79. The second-order valence-electron chi connectivity index (χ2n) is 6.46. The molecule has 27 heavy (non-hydrogen) atoms. The Balaban J connectivity index is 1.63. The molecule has 5 heterocycles. The smallest absolute Gasteiger partial charge is 0.223 e. The third-order valence-electron chi connectivity index (χ3n) is 4.64. The van der Waals surface area contributed by atoms with E-state index in [2.05, 4.69) is 48.0 Å². The lowest BCUT2D eigenvalue weighted by Crippen LogP contribution is -1.91. The number of aliphatic imine (C=N–C) groups is 1. The topological polar surface area (TPSA) is 82.0 Å². The number of rotatable bonds is 3. The highest BCUT2D eigenvalue weighted by Crippen LogP contribution is 2.30. The lowest BCUT2D eigenvalue weighted by molar-refractivity contribution is 0.394. The van der Waals surface area contributed by atoms with Crippen LogP contribution >= 0.6 is 0 Å². The molecule has 1 aliphatic heterocycles. The molecule has 0 radical (unpaired) electrons. The van der Waals surface area contributed by atoms with Gasteiger partial charge in [0.15, 0.2) is 0 Å². The summed E-state index contributed by atoms with van der Waals surface area (Å²) >= 11 is 0. The number of hydrogen-bond acceptors (Lipinski definition) is 6. The first-order valence-electron chi connectivity index (χ1n) is 8.61. The van der Waals surface area contributed by atoms with Crippen LogP contribution in [0.25, 0.3) is 39.3 Å². The van der Waals surface area contributed by atoms with Crippen molar-refractivity contribution in [3.05, 3.63) is 54.3 Å². The maximum absolute atomic E-state index is 5.08. The monoisotopic (exact) mass is 356 g/mol. The zero-order valence-corrected chi connectivity index (χ0v) is 14.9. The highest BCUT2D eigenvalue weighted by molar-refractivity contribution is 6.16. The molecule has 7 nitrogen and oxygen atoms in total. The molecule has 0 aliphatic carbocycles. The van der Waals surface area contributed by atoms with Gasteiger partial charge in [0.25, 0.3) is 0 Å². The van der Waals surface area contributed by atoms with E-state index in [1.807, 2.05) is 31.6 Å². The number of allylic oxidation sites excluding steroid dienone is 1. The zero-order valence-electron chi connectivity index (χ0n) is 14.9. The molecule has 0 amide bonds. The van der Waals surface area contributed by atoms with E-state index in [-0.39, 0.29) is 0 Å². The van der Waals surface area contributed by atoms with E-state index < -0.39 is 0 Å². The summed E-state index contributed by atoms with van der Waals surface area (Å²) in [6.45, 7) is 2.50. The lowest BCUT2D eigenvalue weighted by Gasteiger charge is -2.04. The predicted molar refractivity (Wildman–Crippen MR) is 103 cm³/mol. The fourth-order valence-corrected chi connectivity index (χ4v) is 3.31. The van der Waals surface area contributed by atoms with Crippen LogP contribution in [0.3, 0.4) is 0 Å². The van der Waals surface area contributed by atoms with Crippen LogP contribution in [0.1, 0.15) is 11.5 Å². The van der Waals surface area contributed by atoms with Gasteiger partial charge in [0.05, 0.1) is 29.6 Å². The normalized spacial score (nSPS) is 13.5. The molecule has 7 heteroatoms. The van der Waals surface area contributed by atoms with Gasteiger partial charge < -0.3 is 9.09 Å². The molecule has 1 aliphatic rings. The molecular weight excluding hydrogens is 340 g/mol. The Bertz CT molecular complexity index is 1230. The Morgan fingerprint density at radius 2 is 2.04 bits per heavy atom. The van der Waals surface area contributed by atoms with Crippen LogP contribution in [0.4, 0.5) is 0 Å². The molecule has 0 unspecified atom stereocenters. The molecule has 0 N–H and O–H groups in total. The predicted octanol–water partition coefficient (Wildman–Crippen LogP) is 3.46. The zero-order chi connectivity index (χ0) is 18.4. The van der Waals surface area contributed by atoms with Crippen molar-refractivity contribution in [3.8, 4) is 22.8 Å². The Labute approximate surface area is 155 Å². The number of aryl methyl sites for hydroxylation is 2. The number of aromatic nitrogens is 5. The van der Waals surface area contributed by atoms with Crippen LogP contribution in [0.5, 0.6) is 0 Å². The van der Waals surface area contributed by atoms with Crippen molar-refractivity contribution in [2.75, 3.05) is 6.54 Å². The van der Waals surface area contributed by atoms with E-state index >= 15 is 0 Å². The quantitative estimate of drug-likeness (QED) is 0.561. The molecule has 0 aromatic carbocycles. The second kappa shape index (κ2) is 5.98. The molecule has 4 aromatic heterocycles. The first-order valence-corrected chi connectivity index (χ1v) is 8.61. The van der Waals surface area contributed by atoms with Crippen molar-refractivity contribution < 1.29 is 4.52 Å². The summed E-state index contributed by atoms with van der Waals surface area (Å²) < 4.78 is 7.16. The molecule has 0 spiro atoms. The maximum atomic E-state index is 5.08. The molecule has 0 saturated carbocycles. The van der Waals surface area contributed by atoms with Crippen molar-refractivity contribution in [1.29, 1.82) is 0 Å². The largest absolute Gasteiger partial charge is 0.349 e.